The minimum absolute atomic E-state index is 0.286. The van der Waals surface area contributed by atoms with E-state index in [1.807, 2.05) is 37.3 Å². The average Bonchev–Trinajstić information content (AvgIpc) is 3.34. The molecule has 0 amide bonds. The molecule has 1 aliphatic heterocycles. The number of hydrogen-bond acceptors (Lipinski definition) is 4. The van der Waals surface area contributed by atoms with Gasteiger partial charge in [0.25, 0.3) is 0 Å². The summed E-state index contributed by atoms with van der Waals surface area (Å²) >= 11 is 3.61. The number of aromatic nitrogens is 1. The second-order valence-corrected chi connectivity index (χ2v) is 8.05. The number of benzene rings is 2. The van der Waals surface area contributed by atoms with Gasteiger partial charge in [0.05, 0.1) is 35.0 Å². The van der Waals surface area contributed by atoms with Crippen molar-refractivity contribution in [3.05, 3.63) is 58.2 Å². The van der Waals surface area contributed by atoms with Gasteiger partial charge < -0.3 is 14.0 Å². The van der Waals surface area contributed by atoms with Gasteiger partial charge in [-0.1, -0.05) is 18.2 Å². The van der Waals surface area contributed by atoms with Crippen LogP contribution in [0.1, 0.15) is 35.8 Å². The molecule has 3 aromatic rings. The van der Waals surface area contributed by atoms with Crippen molar-refractivity contribution >= 4 is 32.8 Å². The van der Waals surface area contributed by atoms with Gasteiger partial charge in [0.1, 0.15) is 5.75 Å². The molecule has 0 spiro atoms. The first-order valence-electron chi connectivity index (χ1n) is 9.99. The molecular weight excluding hydrogens is 432 g/mol. The van der Waals surface area contributed by atoms with Gasteiger partial charge in [0, 0.05) is 17.6 Å². The number of para-hydroxylation sites is 1. The van der Waals surface area contributed by atoms with Gasteiger partial charge in [-0.2, -0.15) is 0 Å². The largest absolute Gasteiger partial charge is 0.496 e. The third kappa shape index (κ3) is 3.79. The van der Waals surface area contributed by atoms with Crippen LogP contribution in [-0.4, -0.2) is 42.2 Å². The maximum atomic E-state index is 13.1. The highest BCUT2D eigenvalue weighted by Crippen LogP contribution is 2.38. The van der Waals surface area contributed by atoms with E-state index < -0.39 is 0 Å². The van der Waals surface area contributed by atoms with Crippen molar-refractivity contribution in [2.24, 2.45) is 0 Å². The van der Waals surface area contributed by atoms with E-state index in [1.54, 1.807) is 7.11 Å². The molecule has 0 unspecified atom stereocenters. The first-order chi connectivity index (χ1) is 14.1. The van der Waals surface area contributed by atoms with Gasteiger partial charge in [-0.05, 0) is 73.1 Å². The van der Waals surface area contributed by atoms with E-state index in [1.165, 1.54) is 12.8 Å². The Bertz CT molecular complexity index is 1020. The number of methoxy groups -OCH3 is 1. The van der Waals surface area contributed by atoms with Crippen LogP contribution < -0.4 is 4.74 Å². The predicted molar refractivity (Wildman–Crippen MR) is 118 cm³/mol. The Morgan fingerprint density at radius 1 is 1.14 bits per heavy atom. The second-order valence-electron chi connectivity index (χ2n) is 7.20. The molecule has 0 bridgehead atoms. The number of carbonyl (C=O) groups excluding carboxylic acids is 1. The number of hydrogen-bond donors (Lipinski definition) is 0. The van der Waals surface area contributed by atoms with Crippen LogP contribution in [0.4, 0.5) is 0 Å². The van der Waals surface area contributed by atoms with Gasteiger partial charge >= 0.3 is 5.97 Å². The quantitative estimate of drug-likeness (QED) is 0.479. The highest BCUT2D eigenvalue weighted by molar-refractivity contribution is 9.10. The number of rotatable bonds is 6. The maximum Gasteiger partial charge on any atom is 0.340 e. The van der Waals surface area contributed by atoms with Crippen molar-refractivity contribution < 1.29 is 14.3 Å². The highest BCUT2D eigenvalue weighted by atomic mass is 79.9. The molecule has 29 heavy (non-hydrogen) atoms. The lowest BCUT2D eigenvalue weighted by Crippen LogP contribution is -2.22. The van der Waals surface area contributed by atoms with Crippen LogP contribution in [0.5, 0.6) is 5.75 Å². The zero-order valence-corrected chi connectivity index (χ0v) is 18.4. The lowest BCUT2D eigenvalue weighted by Gasteiger charge is -2.18. The van der Waals surface area contributed by atoms with Crippen LogP contribution in [0.25, 0.3) is 16.6 Å². The van der Waals surface area contributed by atoms with Crippen LogP contribution >= 0.6 is 15.9 Å². The van der Waals surface area contributed by atoms with E-state index >= 15 is 0 Å². The van der Waals surface area contributed by atoms with Crippen LogP contribution in [0.2, 0.25) is 0 Å². The van der Waals surface area contributed by atoms with Gasteiger partial charge in [-0.3, -0.25) is 4.90 Å². The lowest BCUT2D eigenvalue weighted by atomic mass is 10.1. The van der Waals surface area contributed by atoms with E-state index in [9.17, 15) is 4.79 Å². The summed E-state index contributed by atoms with van der Waals surface area (Å²) < 4.78 is 14.0. The summed E-state index contributed by atoms with van der Waals surface area (Å²) in [5.74, 6) is 0.409. The molecule has 0 atom stereocenters. The molecule has 0 saturated carbocycles. The first-order valence-corrected chi connectivity index (χ1v) is 10.8. The minimum Gasteiger partial charge on any atom is -0.496 e. The Hall–Kier alpha value is -2.31. The standard InChI is InChI=1S/C23H25BrN2O3/c1-3-29-23(27)22-17-13-21(28-2)18(24)14-19(17)26(16-9-5-4-6-10-16)20(22)15-25-11-7-8-12-25/h4-6,9-10,13-14H,3,7-8,11-12,15H2,1-2H3. The number of esters is 1. The SMILES string of the molecule is CCOC(=O)c1c(CN2CCCC2)n(-c2ccccc2)c2cc(Br)c(OC)cc12. The summed E-state index contributed by atoms with van der Waals surface area (Å²) in [6.45, 7) is 4.98. The van der Waals surface area contributed by atoms with Crippen molar-refractivity contribution in [3.63, 3.8) is 0 Å². The number of ether oxygens (including phenoxy) is 2. The number of carbonyl (C=O) groups is 1. The topological polar surface area (TPSA) is 43.7 Å². The molecule has 5 nitrogen and oxygen atoms in total. The fraction of sp³-hybridized carbons (Fsp3) is 0.348. The fourth-order valence-electron chi connectivity index (χ4n) is 4.10. The minimum atomic E-state index is -0.286. The van der Waals surface area contributed by atoms with E-state index in [4.69, 9.17) is 9.47 Å². The molecule has 1 aromatic heterocycles. The van der Waals surface area contributed by atoms with Gasteiger partial charge in [-0.25, -0.2) is 4.79 Å². The Kier molecular flexibility index (Phi) is 5.92. The van der Waals surface area contributed by atoms with E-state index in [2.05, 4.69) is 37.5 Å². The van der Waals surface area contributed by atoms with E-state index in [-0.39, 0.29) is 5.97 Å². The van der Waals surface area contributed by atoms with Crippen molar-refractivity contribution in [1.82, 2.24) is 9.47 Å². The third-order valence-corrected chi connectivity index (χ3v) is 6.02. The normalized spacial score (nSPS) is 14.4. The van der Waals surface area contributed by atoms with Crippen molar-refractivity contribution in [2.45, 2.75) is 26.3 Å². The molecule has 0 aliphatic carbocycles. The number of nitrogens with zero attached hydrogens (tertiary/aromatic N) is 2. The molecule has 4 rings (SSSR count). The molecule has 2 aromatic carbocycles. The molecular formula is C23H25BrN2O3. The van der Waals surface area contributed by atoms with Crippen LogP contribution in [0.3, 0.4) is 0 Å². The van der Waals surface area contributed by atoms with Crippen LogP contribution in [0, 0.1) is 0 Å². The number of halogens is 1. The van der Waals surface area contributed by atoms with Crippen LogP contribution in [0.15, 0.2) is 46.9 Å². The fourth-order valence-corrected chi connectivity index (χ4v) is 4.60. The summed E-state index contributed by atoms with van der Waals surface area (Å²) in [6, 6.07) is 14.1. The zero-order chi connectivity index (χ0) is 20.4. The van der Waals surface area contributed by atoms with Gasteiger partial charge in [0.2, 0.25) is 0 Å². The lowest BCUT2D eigenvalue weighted by molar-refractivity contribution is 0.0526. The first kappa shape index (κ1) is 20.0. The van der Waals surface area contributed by atoms with Gasteiger partial charge in [0.15, 0.2) is 0 Å². The maximum absolute atomic E-state index is 13.1. The summed E-state index contributed by atoms with van der Waals surface area (Å²) in [5, 5.41) is 0.849. The Morgan fingerprint density at radius 2 is 1.86 bits per heavy atom. The summed E-state index contributed by atoms with van der Waals surface area (Å²) in [6.07, 6.45) is 2.39. The number of likely N-dealkylation sites (tertiary alicyclic amines) is 1. The molecule has 0 N–H and O–H groups in total. The Morgan fingerprint density at radius 3 is 2.52 bits per heavy atom. The molecule has 6 heteroatoms. The summed E-state index contributed by atoms with van der Waals surface area (Å²) in [4.78, 5) is 15.5. The average molecular weight is 457 g/mol. The number of fused-ring (bicyclic) bond motifs is 1. The van der Waals surface area contributed by atoms with E-state index in [0.29, 0.717) is 24.5 Å². The van der Waals surface area contributed by atoms with Crippen molar-refractivity contribution in [2.75, 3.05) is 26.8 Å². The summed E-state index contributed by atoms with van der Waals surface area (Å²) in [5.41, 5.74) is 3.58. The second kappa shape index (κ2) is 8.59. The predicted octanol–water partition coefficient (Wildman–Crippen LogP) is 5.17. The zero-order valence-electron chi connectivity index (χ0n) is 16.8. The molecule has 0 radical (unpaired) electrons. The van der Waals surface area contributed by atoms with Crippen LogP contribution in [-0.2, 0) is 11.3 Å². The highest BCUT2D eigenvalue weighted by Gasteiger charge is 2.27. The molecule has 2 heterocycles. The third-order valence-electron chi connectivity index (χ3n) is 5.40. The van der Waals surface area contributed by atoms with Gasteiger partial charge in [-0.15, -0.1) is 0 Å². The molecule has 1 saturated heterocycles. The Labute approximate surface area is 179 Å². The molecule has 152 valence electrons. The smallest absolute Gasteiger partial charge is 0.340 e. The Balaban J connectivity index is 2.02. The van der Waals surface area contributed by atoms with Crippen molar-refractivity contribution in [1.29, 1.82) is 0 Å². The van der Waals surface area contributed by atoms with E-state index in [0.717, 1.165) is 39.8 Å². The summed E-state index contributed by atoms with van der Waals surface area (Å²) in [7, 11) is 1.63. The molecule has 1 aliphatic rings. The monoisotopic (exact) mass is 456 g/mol. The molecule has 1 fully saturated rings. The van der Waals surface area contributed by atoms with Crippen molar-refractivity contribution in [3.8, 4) is 11.4 Å².